The Morgan fingerprint density at radius 3 is 1.96 bits per heavy atom. The first-order chi connectivity index (χ1) is 13.2. The smallest absolute Gasteiger partial charge is 0.226 e. The molecule has 8 nitrogen and oxygen atoms in total. The third-order valence-corrected chi connectivity index (χ3v) is 4.47. The minimum Gasteiger partial charge on any atom is -0.497 e. The second-order valence-corrected chi connectivity index (χ2v) is 8.01. The lowest BCUT2D eigenvalue weighted by Crippen LogP contribution is -2.30. The van der Waals surface area contributed by atoms with Gasteiger partial charge >= 0.3 is 0 Å². The maximum atomic E-state index is 12.4. The van der Waals surface area contributed by atoms with E-state index in [0.717, 1.165) is 6.26 Å². The van der Waals surface area contributed by atoms with E-state index in [4.69, 9.17) is 4.74 Å². The number of carbonyl (C=O) groups is 2. The Balaban J connectivity index is 2.09. The highest BCUT2D eigenvalue weighted by molar-refractivity contribution is 7.88. The highest BCUT2D eigenvalue weighted by Gasteiger charge is 2.20. The van der Waals surface area contributed by atoms with Crippen LogP contribution in [0.5, 0.6) is 5.75 Å². The number of nitrogens with one attached hydrogen (secondary N) is 3. The predicted molar refractivity (Wildman–Crippen MR) is 108 cm³/mol. The van der Waals surface area contributed by atoms with Gasteiger partial charge in [-0.05, 0) is 42.0 Å². The van der Waals surface area contributed by atoms with Crippen LogP contribution in [0.1, 0.15) is 24.9 Å². The quantitative estimate of drug-likeness (QED) is 0.623. The van der Waals surface area contributed by atoms with Crippen molar-refractivity contribution in [3.63, 3.8) is 0 Å². The van der Waals surface area contributed by atoms with Crippen LogP contribution in [0, 0.1) is 0 Å². The predicted octanol–water partition coefficient (Wildman–Crippen LogP) is 2.27. The normalized spacial score (nSPS) is 12.1. The van der Waals surface area contributed by atoms with Crippen molar-refractivity contribution in [2.24, 2.45) is 0 Å². The molecule has 0 fully saturated rings. The van der Waals surface area contributed by atoms with Gasteiger partial charge in [0.1, 0.15) is 5.75 Å². The van der Waals surface area contributed by atoms with E-state index in [1.54, 1.807) is 48.5 Å². The zero-order valence-electron chi connectivity index (χ0n) is 15.9. The molecular weight excluding hydrogens is 382 g/mol. The van der Waals surface area contributed by atoms with Gasteiger partial charge in [0, 0.05) is 24.7 Å². The number of methoxy groups -OCH3 is 1. The third kappa shape index (κ3) is 7.01. The molecule has 0 aliphatic rings. The van der Waals surface area contributed by atoms with E-state index < -0.39 is 16.1 Å². The summed E-state index contributed by atoms with van der Waals surface area (Å²) < 4.78 is 31.0. The van der Waals surface area contributed by atoms with Gasteiger partial charge in [0.15, 0.2) is 0 Å². The van der Waals surface area contributed by atoms with Gasteiger partial charge in [-0.1, -0.05) is 12.1 Å². The van der Waals surface area contributed by atoms with Crippen molar-refractivity contribution in [1.29, 1.82) is 0 Å². The molecule has 3 N–H and O–H groups in total. The summed E-state index contributed by atoms with van der Waals surface area (Å²) in [5.74, 6) is 0.0841. The molecule has 28 heavy (non-hydrogen) atoms. The van der Waals surface area contributed by atoms with Gasteiger partial charge in [-0.3, -0.25) is 9.59 Å². The molecule has 0 heterocycles. The first kappa shape index (κ1) is 21.4. The molecule has 0 saturated carbocycles. The van der Waals surface area contributed by atoms with E-state index in [1.165, 1.54) is 14.0 Å². The van der Waals surface area contributed by atoms with Crippen LogP contribution in [0.3, 0.4) is 0 Å². The van der Waals surface area contributed by atoms with Crippen molar-refractivity contribution >= 4 is 33.2 Å². The lowest BCUT2D eigenvalue weighted by Gasteiger charge is -2.18. The lowest BCUT2D eigenvalue weighted by atomic mass is 10.0. The van der Waals surface area contributed by atoms with Crippen molar-refractivity contribution in [2.75, 3.05) is 24.0 Å². The van der Waals surface area contributed by atoms with Crippen LogP contribution in [0.15, 0.2) is 48.5 Å². The number of carbonyl (C=O) groups excluding carboxylic acids is 2. The summed E-state index contributed by atoms with van der Waals surface area (Å²) >= 11 is 0. The number of benzene rings is 2. The van der Waals surface area contributed by atoms with Crippen molar-refractivity contribution in [2.45, 2.75) is 19.4 Å². The molecule has 0 radical (unpaired) electrons. The second-order valence-electron chi connectivity index (χ2n) is 6.23. The Labute approximate surface area is 164 Å². The molecule has 9 heteroatoms. The Morgan fingerprint density at radius 1 is 0.964 bits per heavy atom. The summed E-state index contributed by atoms with van der Waals surface area (Å²) in [5, 5.41) is 5.36. The molecule has 2 aromatic rings. The summed E-state index contributed by atoms with van der Waals surface area (Å²) in [6, 6.07) is 12.7. The standard InChI is InChI=1S/C19H23N3O5S/c1-13(23)20-15-6-8-16(9-7-15)21-19(24)12-18(22-28(3,25)26)14-4-10-17(27-2)11-5-14/h4-11,18,22H,12H2,1-3H3,(H,20,23)(H,21,24)/t18-/m0/s1. The Kier molecular flexibility index (Phi) is 7.13. The molecule has 2 amide bonds. The molecule has 0 aromatic heterocycles. The van der Waals surface area contributed by atoms with Gasteiger partial charge in [-0.2, -0.15) is 0 Å². The Bertz CT molecular complexity index is 925. The maximum absolute atomic E-state index is 12.4. The molecule has 0 saturated heterocycles. The fourth-order valence-electron chi connectivity index (χ4n) is 2.56. The van der Waals surface area contributed by atoms with Crippen molar-refractivity contribution < 1.29 is 22.7 Å². The van der Waals surface area contributed by atoms with Crippen molar-refractivity contribution in [3.05, 3.63) is 54.1 Å². The van der Waals surface area contributed by atoms with Gasteiger partial charge in [-0.25, -0.2) is 13.1 Å². The van der Waals surface area contributed by atoms with Crippen LogP contribution in [-0.2, 0) is 19.6 Å². The van der Waals surface area contributed by atoms with Crippen LogP contribution in [-0.4, -0.2) is 33.6 Å². The van der Waals surface area contributed by atoms with E-state index in [0.29, 0.717) is 22.7 Å². The summed E-state index contributed by atoms with van der Waals surface area (Å²) in [4.78, 5) is 23.5. The molecule has 0 bridgehead atoms. The minimum absolute atomic E-state index is 0.0904. The van der Waals surface area contributed by atoms with Gasteiger partial charge in [0.05, 0.1) is 19.4 Å². The second kappa shape index (κ2) is 9.34. The molecule has 150 valence electrons. The molecule has 0 aliphatic heterocycles. The largest absolute Gasteiger partial charge is 0.497 e. The van der Waals surface area contributed by atoms with E-state index in [-0.39, 0.29) is 18.2 Å². The first-order valence-corrected chi connectivity index (χ1v) is 10.3. The molecule has 0 spiro atoms. The highest BCUT2D eigenvalue weighted by atomic mass is 32.2. The molecule has 2 aromatic carbocycles. The van der Waals surface area contributed by atoms with E-state index in [9.17, 15) is 18.0 Å². The average molecular weight is 405 g/mol. The monoisotopic (exact) mass is 405 g/mol. The van der Waals surface area contributed by atoms with Gasteiger partial charge in [0.2, 0.25) is 21.8 Å². The van der Waals surface area contributed by atoms with Crippen LogP contribution in [0.4, 0.5) is 11.4 Å². The molecular formula is C19H23N3O5S. The fraction of sp³-hybridized carbons (Fsp3) is 0.263. The summed E-state index contributed by atoms with van der Waals surface area (Å²) in [7, 11) is -1.99. The SMILES string of the molecule is COc1ccc([C@H](CC(=O)Nc2ccc(NC(C)=O)cc2)NS(C)(=O)=O)cc1. The Morgan fingerprint density at radius 2 is 1.50 bits per heavy atom. The molecule has 0 unspecified atom stereocenters. The highest BCUT2D eigenvalue weighted by Crippen LogP contribution is 2.22. The number of rotatable bonds is 8. The van der Waals surface area contributed by atoms with E-state index >= 15 is 0 Å². The first-order valence-electron chi connectivity index (χ1n) is 8.45. The summed E-state index contributed by atoms with van der Waals surface area (Å²) in [5.41, 5.74) is 1.79. The van der Waals surface area contributed by atoms with Crippen molar-refractivity contribution in [3.8, 4) is 5.75 Å². The van der Waals surface area contributed by atoms with Gasteiger partial charge in [-0.15, -0.1) is 0 Å². The molecule has 0 aliphatic carbocycles. The maximum Gasteiger partial charge on any atom is 0.226 e. The topological polar surface area (TPSA) is 114 Å². The minimum atomic E-state index is -3.52. The van der Waals surface area contributed by atoms with Gasteiger partial charge < -0.3 is 15.4 Å². The van der Waals surface area contributed by atoms with Crippen LogP contribution in [0.25, 0.3) is 0 Å². The van der Waals surface area contributed by atoms with E-state index in [1.807, 2.05) is 0 Å². The summed E-state index contributed by atoms with van der Waals surface area (Å²) in [6.07, 6.45) is 0.953. The van der Waals surface area contributed by atoms with Crippen LogP contribution in [0.2, 0.25) is 0 Å². The third-order valence-electron chi connectivity index (χ3n) is 3.75. The van der Waals surface area contributed by atoms with Crippen LogP contribution >= 0.6 is 0 Å². The van der Waals surface area contributed by atoms with Gasteiger partial charge in [0.25, 0.3) is 0 Å². The number of anilines is 2. The Hall–Kier alpha value is -2.91. The number of ether oxygens (including phenoxy) is 1. The molecule has 2 rings (SSSR count). The fourth-order valence-corrected chi connectivity index (χ4v) is 3.30. The zero-order valence-corrected chi connectivity index (χ0v) is 16.7. The van der Waals surface area contributed by atoms with Crippen molar-refractivity contribution in [1.82, 2.24) is 4.72 Å². The number of hydrogen-bond donors (Lipinski definition) is 3. The average Bonchev–Trinajstić information content (AvgIpc) is 2.61. The number of amides is 2. The number of hydrogen-bond acceptors (Lipinski definition) is 5. The number of sulfonamides is 1. The summed E-state index contributed by atoms with van der Waals surface area (Å²) in [6.45, 7) is 1.41. The van der Waals surface area contributed by atoms with E-state index in [2.05, 4.69) is 15.4 Å². The van der Waals surface area contributed by atoms with Crippen LogP contribution < -0.4 is 20.1 Å². The lowest BCUT2D eigenvalue weighted by molar-refractivity contribution is -0.116. The zero-order chi connectivity index (χ0) is 20.7. The molecule has 1 atom stereocenters.